The van der Waals surface area contributed by atoms with Crippen LogP contribution < -0.4 is 0 Å². The molecule has 0 aromatic heterocycles. The zero-order valence-electron chi connectivity index (χ0n) is 6.68. The topological polar surface area (TPSA) is 9.23 Å². The Bertz CT molecular complexity index is 149. The molecule has 3 heteroatoms. The van der Waals surface area contributed by atoms with E-state index >= 15 is 0 Å². The van der Waals surface area contributed by atoms with Gasteiger partial charge in [0.15, 0.2) is 0 Å². The Balaban J connectivity index is 2.47. The van der Waals surface area contributed by atoms with Gasteiger partial charge < -0.3 is 4.18 Å². The molecule has 0 N–H and O–H groups in total. The van der Waals surface area contributed by atoms with E-state index in [-0.39, 0.29) is 0 Å². The SMILES string of the molecule is C=C1CC[C@H](OSBr)[C@H]1CC. The highest BCUT2D eigenvalue weighted by atomic mass is 79.9. The van der Waals surface area contributed by atoms with E-state index in [0.717, 1.165) is 19.3 Å². The molecule has 0 unspecified atom stereocenters. The predicted octanol–water partition coefficient (Wildman–Crippen LogP) is 3.71. The summed E-state index contributed by atoms with van der Waals surface area (Å²) in [6, 6.07) is 0. The van der Waals surface area contributed by atoms with E-state index in [9.17, 15) is 0 Å². The number of halogens is 1. The summed E-state index contributed by atoms with van der Waals surface area (Å²) in [5.41, 5.74) is 1.36. The van der Waals surface area contributed by atoms with Gasteiger partial charge in [-0.2, -0.15) is 0 Å². The Morgan fingerprint density at radius 1 is 1.82 bits per heavy atom. The van der Waals surface area contributed by atoms with Crippen LogP contribution >= 0.6 is 25.3 Å². The Kier molecular flexibility index (Phi) is 3.96. The zero-order chi connectivity index (χ0) is 8.27. The lowest BCUT2D eigenvalue weighted by Crippen LogP contribution is -2.14. The van der Waals surface area contributed by atoms with Crippen molar-refractivity contribution in [2.45, 2.75) is 32.3 Å². The van der Waals surface area contributed by atoms with Gasteiger partial charge in [-0.25, -0.2) is 0 Å². The molecule has 0 amide bonds. The molecule has 2 atom stereocenters. The maximum atomic E-state index is 5.45. The largest absolute Gasteiger partial charge is 0.301 e. The van der Waals surface area contributed by atoms with Crippen LogP contribution in [-0.2, 0) is 4.18 Å². The molecule has 0 aromatic carbocycles. The first kappa shape index (κ1) is 9.62. The molecule has 0 heterocycles. The smallest absolute Gasteiger partial charge is 0.0800 e. The van der Waals surface area contributed by atoms with Crippen molar-refractivity contribution in [1.29, 1.82) is 0 Å². The van der Waals surface area contributed by atoms with Crippen LogP contribution in [0.4, 0.5) is 0 Å². The lowest BCUT2D eigenvalue weighted by Gasteiger charge is -2.16. The predicted molar refractivity (Wildman–Crippen MR) is 53.5 cm³/mol. The summed E-state index contributed by atoms with van der Waals surface area (Å²) in [6.45, 7) is 6.23. The van der Waals surface area contributed by atoms with Crippen LogP contribution in [0.3, 0.4) is 0 Å². The highest BCUT2D eigenvalue weighted by Gasteiger charge is 2.29. The van der Waals surface area contributed by atoms with Crippen LogP contribution in [0, 0.1) is 5.92 Å². The minimum Gasteiger partial charge on any atom is -0.301 e. The Morgan fingerprint density at radius 3 is 3.09 bits per heavy atom. The average molecular weight is 237 g/mol. The molecule has 1 nitrogen and oxygen atoms in total. The summed E-state index contributed by atoms with van der Waals surface area (Å²) in [7, 11) is 1.29. The van der Waals surface area contributed by atoms with Gasteiger partial charge in [-0.1, -0.05) is 19.1 Å². The summed E-state index contributed by atoms with van der Waals surface area (Å²) < 4.78 is 5.45. The third kappa shape index (κ3) is 2.23. The number of hydrogen-bond donors (Lipinski definition) is 0. The minimum absolute atomic E-state index is 0.386. The lowest BCUT2D eigenvalue weighted by molar-refractivity contribution is 0.203. The van der Waals surface area contributed by atoms with Crippen molar-refractivity contribution in [2.24, 2.45) is 5.92 Å². The van der Waals surface area contributed by atoms with Crippen molar-refractivity contribution in [1.82, 2.24) is 0 Å². The number of hydrogen-bond acceptors (Lipinski definition) is 2. The summed E-state index contributed by atoms with van der Waals surface area (Å²) >= 11 is 3.20. The van der Waals surface area contributed by atoms with E-state index in [1.807, 2.05) is 0 Å². The van der Waals surface area contributed by atoms with E-state index in [1.165, 1.54) is 16.0 Å². The van der Waals surface area contributed by atoms with E-state index in [0.29, 0.717) is 12.0 Å². The highest BCUT2D eigenvalue weighted by molar-refractivity contribution is 9.49. The Labute approximate surface area is 80.0 Å². The molecule has 11 heavy (non-hydrogen) atoms. The fourth-order valence-electron chi connectivity index (χ4n) is 1.69. The minimum atomic E-state index is 0.386. The van der Waals surface area contributed by atoms with E-state index < -0.39 is 0 Å². The van der Waals surface area contributed by atoms with Gasteiger partial charge in [-0.15, -0.1) is 0 Å². The van der Waals surface area contributed by atoms with Crippen LogP contribution in [0.5, 0.6) is 0 Å². The first-order valence-electron chi connectivity index (χ1n) is 3.91. The summed E-state index contributed by atoms with van der Waals surface area (Å²) in [5, 5.41) is 0. The average Bonchev–Trinajstić information content (AvgIpc) is 2.33. The molecule has 1 saturated carbocycles. The van der Waals surface area contributed by atoms with Gasteiger partial charge in [0.25, 0.3) is 0 Å². The maximum absolute atomic E-state index is 5.45. The summed E-state index contributed by atoms with van der Waals surface area (Å²) in [5.74, 6) is 0.583. The molecule has 0 spiro atoms. The summed E-state index contributed by atoms with van der Waals surface area (Å²) in [6.07, 6.45) is 3.81. The van der Waals surface area contributed by atoms with Gasteiger partial charge >= 0.3 is 0 Å². The molecule has 0 bridgehead atoms. The first-order chi connectivity index (χ1) is 5.29. The standard InChI is InChI=1S/C8H13BrOS/c1-3-7-6(2)4-5-8(7)10-11-9/h7-8H,2-5H2,1H3/t7-,8-/m0/s1. The molecule has 1 aliphatic carbocycles. The fourth-order valence-corrected chi connectivity index (χ4v) is 2.60. The van der Waals surface area contributed by atoms with Gasteiger partial charge in [0.2, 0.25) is 0 Å². The fraction of sp³-hybridized carbons (Fsp3) is 0.750. The molecule has 1 rings (SSSR count). The molecule has 0 radical (unpaired) electrons. The molecule has 0 aliphatic heterocycles. The first-order valence-corrected chi connectivity index (χ1v) is 6.49. The quantitative estimate of drug-likeness (QED) is 0.546. The van der Waals surface area contributed by atoms with Crippen molar-refractivity contribution in [2.75, 3.05) is 0 Å². The highest BCUT2D eigenvalue weighted by Crippen LogP contribution is 2.37. The van der Waals surface area contributed by atoms with Crippen LogP contribution in [0.2, 0.25) is 0 Å². The van der Waals surface area contributed by atoms with Crippen LogP contribution in [-0.4, -0.2) is 6.10 Å². The normalized spacial score (nSPS) is 31.3. The van der Waals surface area contributed by atoms with E-state index in [1.54, 1.807) is 0 Å². The molecule has 1 aliphatic rings. The third-order valence-electron chi connectivity index (χ3n) is 2.32. The van der Waals surface area contributed by atoms with Gasteiger partial charge in [0.1, 0.15) is 0 Å². The Hall–Kier alpha value is 0.530. The zero-order valence-corrected chi connectivity index (χ0v) is 9.08. The lowest BCUT2D eigenvalue weighted by atomic mass is 10.00. The molecule has 64 valence electrons. The van der Waals surface area contributed by atoms with Gasteiger partial charge in [0, 0.05) is 20.7 Å². The van der Waals surface area contributed by atoms with Crippen LogP contribution in [0.15, 0.2) is 12.2 Å². The summed E-state index contributed by atoms with van der Waals surface area (Å²) in [4.78, 5) is 0. The van der Waals surface area contributed by atoms with Crippen molar-refractivity contribution < 1.29 is 4.18 Å². The second-order valence-corrected chi connectivity index (χ2v) is 4.02. The van der Waals surface area contributed by atoms with Gasteiger partial charge in [-0.3, -0.25) is 0 Å². The Morgan fingerprint density at radius 2 is 2.55 bits per heavy atom. The molecular formula is C8H13BrOS. The van der Waals surface area contributed by atoms with Crippen molar-refractivity contribution >= 4 is 25.3 Å². The van der Waals surface area contributed by atoms with Crippen molar-refractivity contribution in [3.63, 3.8) is 0 Å². The van der Waals surface area contributed by atoms with Crippen LogP contribution in [0.25, 0.3) is 0 Å². The molecular weight excluding hydrogens is 224 g/mol. The van der Waals surface area contributed by atoms with Gasteiger partial charge in [-0.05, 0) is 19.3 Å². The molecule has 0 aromatic rings. The third-order valence-corrected chi connectivity index (χ3v) is 3.10. The monoisotopic (exact) mass is 236 g/mol. The van der Waals surface area contributed by atoms with E-state index in [4.69, 9.17) is 4.18 Å². The maximum Gasteiger partial charge on any atom is 0.0800 e. The second-order valence-electron chi connectivity index (χ2n) is 2.91. The van der Waals surface area contributed by atoms with E-state index in [2.05, 4.69) is 28.3 Å². The molecule has 1 fully saturated rings. The number of rotatable bonds is 3. The van der Waals surface area contributed by atoms with Crippen LogP contribution in [0.1, 0.15) is 26.2 Å². The van der Waals surface area contributed by atoms with Crippen molar-refractivity contribution in [3.05, 3.63) is 12.2 Å². The second kappa shape index (κ2) is 4.53. The van der Waals surface area contributed by atoms with Crippen molar-refractivity contribution in [3.8, 4) is 0 Å². The molecule has 0 saturated heterocycles. The van der Waals surface area contributed by atoms with Gasteiger partial charge in [0.05, 0.1) is 16.6 Å².